The van der Waals surface area contributed by atoms with E-state index in [1.54, 1.807) is 19.1 Å². The van der Waals surface area contributed by atoms with E-state index >= 15 is 0 Å². The molecule has 0 bridgehead atoms. The van der Waals surface area contributed by atoms with Crippen LogP contribution in [0.25, 0.3) is 0 Å². The number of nitro groups is 1. The van der Waals surface area contributed by atoms with Crippen molar-refractivity contribution in [2.24, 2.45) is 0 Å². The molecule has 0 atom stereocenters. The number of nitrogens with one attached hydrogen (secondary N) is 1. The van der Waals surface area contributed by atoms with Crippen molar-refractivity contribution in [2.75, 3.05) is 5.32 Å². The van der Waals surface area contributed by atoms with Crippen LogP contribution in [0.1, 0.15) is 29.8 Å². The Morgan fingerprint density at radius 3 is 2.72 bits per heavy atom. The third kappa shape index (κ3) is 5.92. The Morgan fingerprint density at radius 2 is 2.04 bits per heavy atom. The summed E-state index contributed by atoms with van der Waals surface area (Å²) in [6, 6.07) is 6.06. The Balaban J connectivity index is 1.70. The van der Waals surface area contributed by atoms with Crippen LogP contribution in [0.4, 0.5) is 10.8 Å². The number of hydrogen-bond acceptors (Lipinski definition) is 8. The molecule has 1 amide bonds. The predicted molar refractivity (Wildman–Crippen MR) is 90.0 cm³/mol. The normalized spacial score (nSPS) is 10.3. The Kier molecular flexibility index (Phi) is 6.52. The number of carbonyl (C=O) groups excluding carboxylic acids is 2. The van der Waals surface area contributed by atoms with Gasteiger partial charge in [0.25, 0.3) is 5.69 Å². The molecule has 0 aliphatic carbocycles. The molecule has 1 N–H and O–H groups in total. The number of benzene rings is 1. The first kappa shape index (κ1) is 18.5. The zero-order chi connectivity index (χ0) is 18.2. The molecule has 9 nitrogen and oxygen atoms in total. The van der Waals surface area contributed by atoms with E-state index in [1.807, 2.05) is 0 Å². The van der Waals surface area contributed by atoms with Gasteiger partial charge in [-0.15, -0.1) is 10.2 Å². The standard InChI is InChI=1S/C15H16N4O5S/c1-10-17-18-15(25-10)16-13(20)7-4-8-14(21)24-9-11-5-2-3-6-12(11)19(22)23/h2-3,5-6H,4,7-9H2,1H3,(H,16,18,20). The number of anilines is 1. The molecular formula is C15H16N4O5S. The van der Waals surface area contributed by atoms with Crippen LogP contribution in [-0.2, 0) is 20.9 Å². The topological polar surface area (TPSA) is 124 Å². The second-order valence-corrected chi connectivity index (χ2v) is 6.26. The summed E-state index contributed by atoms with van der Waals surface area (Å²) in [7, 11) is 0. The first-order chi connectivity index (χ1) is 12.0. The van der Waals surface area contributed by atoms with Crippen molar-refractivity contribution in [2.45, 2.75) is 32.8 Å². The zero-order valence-electron chi connectivity index (χ0n) is 13.4. The van der Waals surface area contributed by atoms with E-state index in [0.29, 0.717) is 17.1 Å². The van der Waals surface area contributed by atoms with Gasteiger partial charge in [-0.3, -0.25) is 19.7 Å². The maximum absolute atomic E-state index is 11.7. The Bertz CT molecular complexity index is 777. The Morgan fingerprint density at radius 1 is 1.28 bits per heavy atom. The lowest BCUT2D eigenvalue weighted by Crippen LogP contribution is -2.12. The quantitative estimate of drug-likeness (QED) is 0.433. The fourth-order valence-electron chi connectivity index (χ4n) is 1.96. The Hall–Kier alpha value is -2.88. The first-order valence-electron chi connectivity index (χ1n) is 7.43. The number of esters is 1. The highest BCUT2D eigenvalue weighted by Gasteiger charge is 2.14. The summed E-state index contributed by atoms with van der Waals surface area (Å²) in [5, 5.41) is 22.2. The fourth-order valence-corrected chi connectivity index (χ4v) is 2.57. The molecule has 0 saturated heterocycles. The Labute approximate surface area is 147 Å². The van der Waals surface area contributed by atoms with E-state index in [-0.39, 0.29) is 31.0 Å². The molecule has 0 unspecified atom stereocenters. The molecule has 0 spiro atoms. The molecule has 0 aliphatic rings. The van der Waals surface area contributed by atoms with E-state index in [0.717, 1.165) is 5.01 Å². The van der Waals surface area contributed by atoms with Gasteiger partial charge < -0.3 is 10.1 Å². The zero-order valence-corrected chi connectivity index (χ0v) is 14.2. The molecule has 2 aromatic rings. The van der Waals surface area contributed by atoms with E-state index < -0.39 is 10.9 Å². The third-order valence-corrected chi connectivity index (χ3v) is 3.89. The van der Waals surface area contributed by atoms with Gasteiger partial charge in [-0.05, 0) is 19.4 Å². The number of rotatable bonds is 8. The summed E-state index contributed by atoms with van der Waals surface area (Å²) in [4.78, 5) is 33.8. The lowest BCUT2D eigenvalue weighted by atomic mass is 10.2. The number of aryl methyl sites for hydroxylation is 1. The molecule has 1 heterocycles. The third-order valence-electron chi connectivity index (χ3n) is 3.13. The van der Waals surface area contributed by atoms with Crippen LogP contribution in [-0.4, -0.2) is 27.0 Å². The maximum atomic E-state index is 11.7. The lowest BCUT2D eigenvalue weighted by molar-refractivity contribution is -0.385. The number of para-hydroxylation sites is 1. The maximum Gasteiger partial charge on any atom is 0.306 e. The van der Waals surface area contributed by atoms with Gasteiger partial charge in [-0.25, -0.2) is 0 Å². The fraction of sp³-hybridized carbons (Fsp3) is 0.333. The molecular weight excluding hydrogens is 348 g/mol. The van der Waals surface area contributed by atoms with Crippen LogP contribution in [0, 0.1) is 17.0 Å². The number of nitro benzene ring substituents is 1. The monoisotopic (exact) mass is 364 g/mol. The van der Waals surface area contributed by atoms with Crippen LogP contribution in [0.5, 0.6) is 0 Å². The van der Waals surface area contributed by atoms with Crippen molar-refractivity contribution in [1.82, 2.24) is 10.2 Å². The molecule has 0 aliphatic heterocycles. The largest absolute Gasteiger partial charge is 0.461 e. The molecule has 10 heteroatoms. The van der Waals surface area contributed by atoms with E-state index in [1.165, 1.54) is 23.5 Å². The molecule has 132 valence electrons. The van der Waals surface area contributed by atoms with Crippen molar-refractivity contribution in [3.63, 3.8) is 0 Å². The SMILES string of the molecule is Cc1nnc(NC(=O)CCCC(=O)OCc2ccccc2[N+](=O)[O-])s1. The van der Waals surface area contributed by atoms with Gasteiger partial charge in [0, 0.05) is 18.9 Å². The van der Waals surface area contributed by atoms with E-state index in [4.69, 9.17) is 4.74 Å². The van der Waals surface area contributed by atoms with Crippen molar-refractivity contribution in [3.05, 3.63) is 45.0 Å². The minimum absolute atomic E-state index is 0.0448. The molecule has 2 rings (SSSR count). The van der Waals surface area contributed by atoms with E-state index in [2.05, 4.69) is 15.5 Å². The second-order valence-electron chi connectivity index (χ2n) is 5.07. The number of ether oxygens (including phenoxy) is 1. The predicted octanol–water partition coefficient (Wildman–Crippen LogP) is 2.61. The van der Waals surface area contributed by atoms with Crippen molar-refractivity contribution in [3.8, 4) is 0 Å². The number of hydrogen-bond donors (Lipinski definition) is 1. The minimum Gasteiger partial charge on any atom is -0.461 e. The molecule has 0 radical (unpaired) electrons. The van der Waals surface area contributed by atoms with Crippen LogP contribution in [0.3, 0.4) is 0 Å². The summed E-state index contributed by atoms with van der Waals surface area (Å²) < 4.78 is 5.03. The van der Waals surface area contributed by atoms with Crippen molar-refractivity contribution < 1.29 is 19.2 Å². The first-order valence-corrected chi connectivity index (χ1v) is 8.25. The highest BCUT2D eigenvalue weighted by molar-refractivity contribution is 7.15. The van der Waals surface area contributed by atoms with Gasteiger partial charge in [-0.1, -0.05) is 23.5 Å². The molecule has 25 heavy (non-hydrogen) atoms. The molecule has 1 aromatic heterocycles. The molecule has 0 fully saturated rings. The summed E-state index contributed by atoms with van der Waals surface area (Å²) in [5.74, 6) is -0.777. The summed E-state index contributed by atoms with van der Waals surface area (Å²) in [6.45, 7) is 1.60. The minimum atomic E-state index is -0.525. The molecule has 0 saturated carbocycles. The van der Waals surface area contributed by atoms with Gasteiger partial charge in [-0.2, -0.15) is 0 Å². The lowest BCUT2D eigenvalue weighted by Gasteiger charge is -2.05. The smallest absolute Gasteiger partial charge is 0.306 e. The average Bonchev–Trinajstić information content (AvgIpc) is 2.98. The number of nitrogens with zero attached hydrogens (tertiary/aromatic N) is 3. The van der Waals surface area contributed by atoms with Gasteiger partial charge in [0.05, 0.1) is 10.5 Å². The van der Waals surface area contributed by atoms with Crippen LogP contribution < -0.4 is 5.32 Å². The second kappa shape index (κ2) is 8.83. The summed E-state index contributed by atoms with van der Waals surface area (Å²) in [6.07, 6.45) is 0.488. The summed E-state index contributed by atoms with van der Waals surface area (Å²) >= 11 is 1.26. The highest BCUT2D eigenvalue weighted by Crippen LogP contribution is 2.19. The average molecular weight is 364 g/mol. The van der Waals surface area contributed by atoms with Crippen LogP contribution in [0.15, 0.2) is 24.3 Å². The van der Waals surface area contributed by atoms with E-state index in [9.17, 15) is 19.7 Å². The number of amides is 1. The van der Waals surface area contributed by atoms with Gasteiger partial charge in [0.2, 0.25) is 11.0 Å². The highest BCUT2D eigenvalue weighted by atomic mass is 32.1. The van der Waals surface area contributed by atoms with Crippen LogP contribution >= 0.6 is 11.3 Å². The number of aromatic nitrogens is 2. The van der Waals surface area contributed by atoms with Crippen molar-refractivity contribution >= 4 is 34.0 Å². The van der Waals surface area contributed by atoms with Crippen LogP contribution in [0.2, 0.25) is 0 Å². The van der Waals surface area contributed by atoms with Gasteiger partial charge >= 0.3 is 5.97 Å². The van der Waals surface area contributed by atoms with Gasteiger partial charge in [0.15, 0.2) is 0 Å². The molecule has 1 aromatic carbocycles. The van der Waals surface area contributed by atoms with Crippen molar-refractivity contribution in [1.29, 1.82) is 0 Å². The van der Waals surface area contributed by atoms with Gasteiger partial charge in [0.1, 0.15) is 11.6 Å². The summed E-state index contributed by atoms with van der Waals surface area (Å²) in [5.41, 5.74) is 0.229. The number of carbonyl (C=O) groups is 2.